The molecule has 0 aromatic rings. The van der Waals surface area contributed by atoms with Crippen LogP contribution in [0.25, 0.3) is 0 Å². The summed E-state index contributed by atoms with van der Waals surface area (Å²) >= 11 is 0. The first-order valence-corrected chi connectivity index (χ1v) is 4.80. The van der Waals surface area contributed by atoms with Crippen LogP contribution in [0.2, 0.25) is 0 Å². The number of carbonyl (C=O) groups is 2. The molecule has 15 heavy (non-hydrogen) atoms. The molecule has 0 aliphatic heterocycles. The van der Waals surface area contributed by atoms with Gasteiger partial charge in [0.15, 0.2) is 5.41 Å². The molecule has 0 N–H and O–H groups in total. The molecule has 0 atom stereocenters. The van der Waals surface area contributed by atoms with Crippen LogP contribution in [0.1, 0.15) is 27.2 Å². The minimum Gasteiger partial charge on any atom is -0.465 e. The molecule has 0 radical (unpaired) electrons. The third-order valence-electron chi connectivity index (χ3n) is 1.91. The van der Waals surface area contributed by atoms with Crippen LogP contribution in [-0.2, 0) is 19.1 Å². The summed E-state index contributed by atoms with van der Waals surface area (Å²) in [5.41, 5.74) is -1.39. The summed E-state index contributed by atoms with van der Waals surface area (Å²) in [6, 6.07) is 0. The second kappa shape index (κ2) is 6.07. The van der Waals surface area contributed by atoms with Gasteiger partial charge in [-0.05, 0) is 20.8 Å². The van der Waals surface area contributed by atoms with Crippen molar-refractivity contribution in [3.8, 4) is 12.3 Å². The van der Waals surface area contributed by atoms with E-state index in [1.54, 1.807) is 13.8 Å². The molecule has 0 saturated carbocycles. The highest BCUT2D eigenvalue weighted by Crippen LogP contribution is 2.24. The van der Waals surface area contributed by atoms with E-state index in [0.29, 0.717) is 0 Å². The fourth-order valence-electron chi connectivity index (χ4n) is 1.01. The molecule has 4 nitrogen and oxygen atoms in total. The second-order valence-corrected chi connectivity index (χ2v) is 3.15. The Morgan fingerprint density at radius 3 is 1.87 bits per heavy atom. The van der Waals surface area contributed by atoms with Crippen LogP contribution < -0.4 is 0 Å². The van der Waals surface area contributed by atoms with Crippen LogP contribution in [0.5, 0.6) is 0 Å². The highest BCUT2D eigenvalue weighted by molar-refractivity contribution is 5.99. The zero-order chi connectivity index (χ0) is 11.9. The highest BCUT2D eigenvalue weighted by Gasteiger charge is 2.43. The molecule has 0 heterocycles. The topological polar surface area (TPSA) is 52.6 Å². The maximum atomic E-state index is 11.6. The van der Waals surface area contributed by atoms with Gasteiger partial charge in [-0.2, -0.15) is 0 Å². The second-order valence-electron chi connectivity index (χ2n) is 3.15. The van der Waals surface area contributed by atoms with Gasteiger partial charge in [-0.1, -0.05) is 0 Å². The molecular formula is C11H16O4. The van der Waals surface area contributed by atoms with Crippen LogP contribution in [0.15, 0.2) is 0 Å². The lowest BCUT2D eigenvalue weighted by Gasteiger charge is -2.22. The number of rotatable bonds is 5. The van der Waals surface area contributed by atoms with Gasteiger partial charge in [0.1, 0.15) is 0 Å². The lowest BCUT2D eigenvalue weighted by Crippen LogP contribution is -2.39. The molecule has 0 spiro atoms. The molecule has 0 bridgehead atoms. The molecule has 0 fully saturated rings. The summed E-state index contributed by atoms with van der Waals surface area (Å²) in [4.78, 5) is 23.1. The number of carbonyl (C=O) groups excluding carboxylic acids is 2. The monoisotopic (exact) mass is 212 g/mol. The smallest absolute Gasteiger partial charge is 0.324 e. The minimum atomic E-state index is -1.39. The van der Waals surface area contributed by atoms with Crippen molar-refractivity contribution in [1.82, 2.24) is 0 Å². The van der Waals surface area contributed by atoms with Crippen LogP contribution in [0.4, 0.5) is 0 Å². The fourth-order valence-corrected chi connectivity index (χ4v) is 1.01. The average Bonchev–Trinajstić information content (AvgIpc) is 2.18. The summed E-state index contributed by atoms with van der Waals surface area (Å²) in [5.74, 6) is 1.01. The molecule has 0 rings (SSSR count). The van der Waals surface area contributed by atoms with Gasteiger partial charge < -0.3 is 9.47 Å². The Morgan fingerprint density at radius 2 is 1.60 bits per heavy atom. The van der Waals surface area contributed by atoms with Crippen molar-refractivity contribution in [1.29, 1.82) is 0 Å². The number of terminal acetylenes is 1. The zero-order valence-corrected chi connectivity index (χ0v) is 9.33. The molecular weight excluding hydrogens is 196 g/mol. The molecule has 0 aliphatic rings. The van der Waals surface area contributed by atoms with Crippen molar-refractivity contribution in [2.45, 2.75) is 27.2 Å². The van der Waals surface area contributed by atoms with E-state index in [1.807, 2.05) is 0 Å². The maximum absolute atomic E-state index is 11.6. The Hall–Kier alpha value is -1.50. The number of hydrogen-bond donors (Lipinski definition) is 0. The van der Waals surface area contributed by atoms with E-state index >= 15 is 0 Å². The van der Waals surface area contributed by atoms with Gasteiger partial charge in [0.25, 0.3) is 0 Å². The van der Waals surface area contributed by atoms with Gasteiger partial charge in [0, 0.05) is 6.42 Å². The Morgan fingerprint density at radius 1 is 1.20 bits per heavy atom. The van der Waals surface area contributed by atoms with E-state index in [2.05, 4.69) is 5.92 Å². The molecule has 0 saturated heterocycles. The Bertz CT molecular complexity index is 257. The average molecular weight is 212 g/mol. The lowest BCUT2D eigenvalue weighted by molar-refractivity contribution is -0.170. The Kier molecular flexibility index (Phi) is 5.46. The van der Waals surface area contributed by atoms with Crippen LogP contribution in [-0.4, -0.2) is 25.2 Å². The van der Waals surface area contributed by atoms with Crippen LogP contribution >= 0.6 is 0 Å². The largest absolute Gasteiger partial charge is 0.465 e. The van der Waals surface area contributed by atoms with Crippen molar-refractivity contribution in [3.05, 3.63) is 0 Å². The zero-order valence-electron chi connectivity index (χ0n) is 9.33. The van der Waals surface area contributed by atoms with E-state index < -0.39 is 17.4 Å². The van der Waals surface area contributed by atoms with Crippen molar-refractivity contribution < 1.29 is 19.1 Å². The quantitative estimate of drug-likeness (QED) is 0.389. The number of ether oxygens (including phenoxy) is 2. The third-order valence-corrected chi connectivity index (χ3v) is 1.91. The van der Waals surface area contributed by atoms with E-state index in [4.69, 9.17) is 15.9 Å². The van der Waals surface area contributed by atoms with Gasteiger partial charge in [-0.25, -0.2) is 0 Å². The molecule has 4 heteroatoms. The molecule has 0 aromatic carbocycles. The molecule has 0 unspecified atom stereocenters. The van der Waals surface area contributed by atoms with E-state index in [9.17, 15) is 9.59 Å². The predicted octanol–water partition coefficient (Wildman–Crippen LogP) is 1.14. The first-order valence-electron chi connectivity index (χ1n) is 4.80. The first-order chi connectivity index (χ1) is 7.02. The maximum Gasteiger partial charge on any atom is 0.324 e. The Labute approximate surface area is 89.9 Å². The Balaban J connectivity index is 4.80. The van der Waals surface area contributed by atoms with Crippen molar-refractivity contribution >= 4 is 11.9 Å². The van der Waals surface area contributed by atoms with E-state index in [1.165, 1.54) is 6.92 Å². The SMILES string of the molecule is C#CCC(C)(C(=O)OCC)C(=O)OCC. The first kappa shape index (κ1) is 13.5. The van der Waals surface area contributed by atoms with Crippen molar-refractivity contribution in [2.24, 2.45) is 5.41 Å². The highest BCUT2D eigenvalue weighted by atomic mass is 16.6. The van der Waals surface area contributed by atoms with Gasteiger partial charge in [0.05, 0.1) is 13.2 Å². The van der Waals surface area contributed by atoms with Crippen molar-refractivity contribution in [3.63, 3.8) is 0 Å². The molecule has 0 amide bonds. The summed E-state index contributed by atoms with van der Waals surface area (Å²) in [6.45, 7) is 5.18. The van der Waals surface area contributed by atoms with Gasteiger partial charge in [-0.15, -0.1) is 12.3 Å². The van der Waals surface area contributed by atoms with Gasteiger partial charge in [-0.3, -0.25) is 9.59 Å². The van der Waals surface area contributed by atoms with Crippen LogP contribution in [0.3, 0.4) is 0 Å². The van der Waals surface area contributed by atoms with Crippen molar-refractivity contribution in [2.75, 3.05) is 13.2 Å². The number of esters is 2. The molecule has 84 valence electrons. The summed E-state index contributed by atoms with van der Waals surface area (Å²) in [6.07, 6.45) is 5.09. The lowest BCUT2D eigenvalue weighted by atomic mass is 9.87. The standard InChI is InChI=1S/C11H16O4/c1-5-8-11(4,9(12)14-6-2)10(13)15-7-3/h1H,6-8H2,2-4H3. The van der Waals surface area contributed by atoms with Gasteiger partial charge >= 0.3 is 11.9 Å². The summed E-state index contributed by atoms with van der Waals surface area (Å²) < 4.78 is 9.58. The molecule has 0 aliphatic carbocycles. The third kappa shape index (κ3) is 3.28. The van der Waals surface area contributed by atoms with E-state index in [-0.39, 0.29) is 19.6 Å². The normalized spacial score (nSPS) is 10.3. The minimum absolute atomic E-state index is 0.0231. The predicted molar refractivity (Wildman–Crippen MR) is 54.8 cm³/mol. The summed E-state index contributed by atoms with van der Waals surface area (Å²) in [5, 5.41) is 0. The van der Waals surface area contributed by atoms with Gasteiger partial charge in [0.2, 0.25) is 0 Å². The summed E-state index contributed by atoms with van der Waals surface area (Å²) in [7, 11) is 0. The van der Waals surface area contributed by atoms with E-state index in [0.717, 1.165) is 0 Å². The number of hydrogen-bond acceptors (Lipinski definition) is 4. The van der Waals surface area contributed by atoms with Crippen LogP contribution in [0, 0.1) is 17.8 Å². The molecule has 0 aromatic heterocycles. The fraction of sp³-hybridized carbons (Fsp3) is 0.636.